The molecular weight excluding hydrogens is 373 g/mol. The summed E-state index contributed by atoms with van der Waals surface area (Å²) in [6.45, 7) is 0.496. The molecule has 3 rings (SSSR count). The number of hydrogen-bond acceptors (Lipinski definition) is 4. The van der Waals surface area contributed by atoms with E-state index in [2.05, 4.69) is 15.6 Å². The number of carbonyl (C=O) groups excluding carboxylic acids is 1. The van der Waals surface area contributed by atoms with Crippen molar-refractivity contribution in [1.29, 1.82) is 0 Å². The third-order valence-corrected chi connectivity index (χ3v) is 4.18. The largest absolute Gasteiger partial charge is 0.463 e. The van der Waals surface area contributed by atoms with E-state index in [0.29, 0.717) is 12.3 Å². The molecule has 0 radical (unpaired) electrons. The molecule has 0 aromatic heterocycles. The summed E-state index contributed by atoms with van der Waals surface area (Å²) in [6.07, 6.45) is -2.81. The van der Waals surface area contributed by atoms with Gasteiger partial charge >= 0.3 is 12.2 Å². The number of benzene rings is 2. The van der Waals surface area contributed by atoms with Crippen LogP contribution in [0, 0.1) is 0 Å². The van der Waals surface area contributed by atoms with E-state index in [1.54, 1.807) is 12.1 Å². The molecule has 28 heavy (non-hydrogen) atoms. The average molecular weight is 392 g/mol. The van der Waals surface area contributed by atoms with E-state index >= 15 is 0 Å². The molecule has 1 atom stereocenters. The molecule has 1 aliphatic heterocycles. The van der Waals surface area contributed by atoms with E-state index in [1.165, 1.54) is 12.1 Å². The summed E-state index contributed by atoms with van der Waals surface area (Å²) < 4.78 is 42.7. The number of amides is 2. The highest BCUT2D eigenvalue weighted by molar-refractivity contribution is 5.99. The zero-order valence-corrected chi connectivity index (χ0v) is 14.8. The lowest BCUT2D eigenvalue weighted by Crippen LogP contribution is -2.19. The molecule has 0 saturated carbocycles. The quantitative estimate of drug-likeness (QED) is 0.719. The second kappa shape index (κ2) is 8.20. The van der Waals surface area contributed by atoms with Crippen LogP contribution in [-0.2, 0) is 17.3 Å². The van der Waals surface area contributed by atoms with Crippen molar-refractivity contribution < 1.29 is 22.7 Å². The van der Waals surface area contributed by atoms with Gasteiger partial charge in [0, 0.05) is 11.4 Å². The van der Waals surface area contributed by atoms with Gasteiger partial charge in [-0.05, 0) is 54.8 Å². The number of nitrogens with one attached hydrogen (secondary N) is 2. The molecule has 1 aliphatic rings. The third kappa shape index (κ3) is 5.38. The van der Waals surface area contributed by atoms with Crippen LogP contribution in [-0.4, -0.2) is 24.7 Å². The SMILES string of the molecule is NC1=NC(CCc2ccc(NC(=O)Nc3ccc(C(F)(F)F)cc3)cc2)CO1. The lowest BCUT2D eigenvalue weighted by atomic mass is 10.1. The second-order valence-electron chi connectivity index (χ2n) is 6.32. The van der Waals surface area contributed by atoms with Crippen molar-refractivity contribution in [3.63, 3.8) is 0 Å². The predicted molar refractivity (Wildman–Crippen MR) is 100 cm³/mol. The number of ether oxygens (including phenoxy) is 1. The van der Waals surface area contributed by atoms with Crippen molar-refractivity contribution >= 4 is 23.4 Å². The van der Waals surface area contributed by atoms with E-state index < -0.39 is 17.8 Å². The normalized spacial score (nSPS) is 16.2. The molecule has 1 unspecified atom stereocenters. The van der Waals surface area contributed by atoms with Crippen molar-refractivity contribution in [2.75, 3.05) is 17.2 Å². The number of nitrogens with two attached hydrogens (primary N) is 1. The predicted octanol–water partition coefficient (Wildman–Crippen LogP) is 4.00. The standard InChI is InChI=1S/C19H19F3N4O2/c20-19(21,22)13-4-9-15(10-5-13)26-18(27)25-14-6-1-12(2-7-14)3-8-16-11-28-17(23)24-16/h1-2,4-7,9-10,16H,3,8,11H2,(H2,23,24)(H2,25,26,27). The first-order chi connectivity index (χ1) is 13.3. The van der Waals surface area contributed by atoms with E-state index in [1.807, 2.05) is 12.1 Å². The van der Waals surface area contributed by atoms with Crippen molar-refractivity contribution in [3.8, 4) is 0 Å². The van der Waals surface area contributed by atoms with Crippen LogP contribution >= 0.6 is 0 Å². The van der Waals surface area contributed by atoms with Gasteiger partial charge in [0.25, 0.3) is 6.02 Å². The molecule has 0 fully saturated rings. The van der Waals surface area contributed by atoms with Gasteiger partial charge in [0.15, 0.2) is 0 Å². The summed E-state index contributed by atoms with van der Waals surface area (Å²) in [5, 5.41) is 5.13. The number of rotatable bonds is 5. The fourth-order valence-electron chi connectivity index (χ4n) is 2.71. The summed E-state index contributed by atoms with van der Waals surface area (Å²) in [5.74, 6) is 0. The number of carbonyl (C=O) groups is 1. The first kappa shape index (κ1) is 19.5. The number of aliphatic imine (C=N–C) groups is 1. The maximum absolute atomic E-state index is 12.5. The van der Waals surface area contributed by atoms with Crippen LogP contribution in [0.5, 0.6) is 0 Å². The van der Waals surface area contributed by atoms with Crippen molar-refractivity contribution in [3.05, 3.63) is 59.7 Å². The van der Waals surface area contributed by atoms with Gasteiger partial charge in [-0.3, -0.25) is 0 Å². The third-order valence-electron chi connectivity index (χ3n) is 4.18. The van der Waals surface area contributed by atoms with Crippen LogP contribution in [0.2, 0.25) is 0 Å². The summed E-state index contributed by atoms with van der Waals surface area (Å²) in [7, 11) is 0. The highest BCUT2D eigenvalue weighted by atomic mass is 19.4. The zero-order valence-electron chi connectivity index (χ0n) is 14.8. The molecule has 2 aromatic rings. The lowest BCUT2D eigenvalue weighted by molar-refractivity contribution is -0.137. The van der Waals surface area contributed by atoms with Gasteiger partial charge in [-0.15, -0.1) is 0 Å². The highest BCUT2D eigenvalue weighted by Crippen LogP contribution is 2.29. The van der Waals surface area contributed by atoms with E-state index in [-0.39, 0.29) is 17.8 Å². The Hall–Kier alpha value is -3.23. The lowest BCUT2D eigenvalue weighted by Gasteiger charge is -2.10. The molecule has 0 bridgehead atoms. The molecule has 2 aromatic carbocycles. The minimum Gasteiger partial charge on any atom is -0.463 e. The topological polar surface area (TPSA) is 88.7 Å². The number of urea groups is 1. The van der Waals surface area contributed by atoms with Crippen LogP contribution in [0.15, 0.2) is 53.5 Å². The Morgan fingerprint density at radius 2 is 1.64 bits per heavy atom. The Balaban J connectivity index is 1.49. The van der Waals surface area contributed by atoms with E-state index in [0.717, 1.165) is 30.5 Å². The summed E-state index contributed by atoms with van der Waals surface area (Å²) in [6, 6.07) is 11.3. The van der Waals surface area contributed by atoms with Gasteiger partial charge in [-0.2, -0.15) is 13.2 Å². The molecule has 1 heterocycles. The molecule has 2 amide bonds. The second-order valence-corrected chi connectivity index (χ2v) is 6.32. The van der Waals surface area contributed by atoms with Crippen molar-refractivity contribution in [2.45, 2.75) is 25.1 Å². The Morgan fingerprint density at radius 1 is 1.07 bits per heavy atom. The number of halogens is 3. The summed E-state index contributed by atoms with van der Waals surface area (Å²) in [5.41, 5.74) is 6.61. The molecular formula is C19H19F3N4O2. The van der Waals surface area contributed by atoms with Crippen LogP contribution < -0.4 is 16.4 Å². The summed E-state index contributed by atoms with van der Waals surface area (Å²) >= 11 is 0. The van der Waals surface area contributed by atoms with Crippen LogP contribution in [0.25, 0.3) is 0 Å². The van der Waals surface area contributed by atoms with Crippen LogP contribution in [0.1, 0.15) is 17.5 Å². The van der Waals surface area contributed by atoms with Crippen LogP contribution in [0.4, 0.5) is 29.3 Å². The van der Waals surface area contributed by atoms with Gasteiger partial charge in [0.05, 0.1) is 11.6 Å². The molecule has 0 saturated heterocycles. The number of anilines is 2. The first-order valence-electron chi connectivity index (χ1n) is 8.60. The minimum absolute atomic E-state index is 0.0623. The van der Waals surface area contributed by atoms with Gasteiger partial charge in [0.2, 0.25) is 0 Å². The van der Waals surface area contributed by atoms with E-state index in [4.69, 9.17) is 10.5 Å². The molecule has 0 spiro atoms. The van der Waals surface area contributed by atoms with Crippen molar-refractivity contribution in [2.24, 2.45) is 10.7 Å². The molecule has 9 heteroatoms. The number of aryl methyl sites for hydroxylation is 1. The molecule has 6 nitrogen and oxygen atoms in total. The number of amidine groups is 1. The van der Waals surface area contributed by atoms with Gasteiger partial charge < -0.3 is 21.1 Å². The Kier molecular flexibility index (Phi) is 5.72. The number of alkyl halides is 3. The Bertz CT molecular complexity index is 849. The average Bonchev–Trinajstić information content (AvgIpc) is 3.06. The fraction of sp³-hybridized carbons (Fsp3) is 0.263. The van der Waals surface area contributed by atoms with Gasteiger partial charge in [0.1, 0.15) is 6.61 Å². The fourth-order valence-corrected chi connectivity index (χ4v) is 2.71. The molecule has 148 valence electrons. The number of hydrogen-bond donors (Lipinski definition) is 3. The Morgan fingerprint density at radius 3 is 2.14 bits per heavy atom. The minimum atomic E-state index is -4.41. The Labute approximate surface area is 159 Å². The monoisotopic (exact) mass is 392 g/mol. The van der Waals surface area contributed by atoms with Crippen molar-refractivity contribution in [1.82, 2.24) is 0 Å². The zero-order chi connectivity index (χ0) is 20.1. The van der Waals surface area contributed by atoms with E-state index in [9.17, 15) is 18.0 Å². The number of nitrogens with zero attached hydrogens (tertiary/aromatic N) is 1. The maximum atomic E-state index is 12.5. The smallest absolute Gasteiger partial charge is 0.416 e. The maximum Gasteiger partial charge on any atom is 0.416 e. The molecule has 0 aliphatic carbocycles. The van der Waals surface area contributed by atoms with Crippen LogP contribution in [0.3, 0.4) is 0 Å². The van der Waals surface area contributed by atoms with Gasteiger partial charge in [-0.1, -0.05) is 12.1 Å². The summed E-state index contributed by atoms with van der Waals surface area (Å²) in [4.78, 5) is 16.2. The molecule has 4 N–H and O–H groups in total. The first-order valence-corrected chi connectivity index (χ1v) is 8.60. The van der Waals surface area contributed by atoms with Gasteiger partial charge in [-0.25, -0.2) is 9.79 Å². The highest BCUT2D eigenvalue weighted by Gasteiger charge is 2.30.